The van der Waals surface area contributed by atoms with Gasteiger partial charge in [-0.15, -0.1) is 0 Å². The second kappa shape index (κ2) is 4.53. The second-order valence-electron chi connectivity index (χ2n) is 5.19. The van der Waals surface area contributed by atoms with E-state index in [0.29, 0.717) is 12.0 Å². The van der Waals surface area contributed by atoms with E-state index in [2.05, 4.69) is 44.6 Å². The summed E-state index contributed by atoms with van der Waals surface area (Å²) in [5.41, 5.74) is 0.950. The molecule has 5 heteroatoms. The Morgan fingerprint density at radius 3 is 3.06 bits per heavy atom. The lowest BCUT2D eigenvalue weighted by molar-refractivity contribution is 0.490. The van der Waals surface area contributed by atoms with Crippen LogP contribution in [0.25, 0.3) is 5.65 Å². The van der Waals surface area contributed by atoms with Crippen molar-refractivity contribution in [3.05, 3.63) is 23.2 Å². The van der Waals surface area contributed by atoms with Gasteiger partial charge in [0.15, 0.2) is 11.5 Å². The Morgan fingerprint density at radius 1 is 1.44 bits per heavy atom. The molecule has 0 spiro atoms. The van der Waals surface area contributed by atoms with Crippen molar-refractivity contribution in [2.45, 2.75) is 32.7 Å². The molecule has 0 N–H and O–H groups in total. The van der Waals surface area contributed by atoms with E-state index in [4.69, 9.17) is 0 Å². The first-order chi connectivity index (χ1) is 8.66. The summed E-state index contributed by atoms with van der Waals surface area (Å²) in [6.07, 6.45) is 8.23. The minimum atomic E-state index is 0.576. The van der Waals surface area contributed by atoms with Crippen LogP contribution in [-0.4, -0.2) is 27.0 Å². The summed E-state index contributed by atoms with van der Waals surface area (Å²) in [6, 6.07) is 0.576. The van der Waals surface area contributed by atoms with Crippen LogP contribution in [0.5, 0.6) is 0 Å². The van der Waals surface area contributed by atoms with E-state index in [1.165, 1.54) is 12.8 Å². The summed E-state index contributed by atoms with van der Waals surface area (Å²) in [6.45, 7) is 5.64. The molecule has 2 aromatic rings. The first-order valence-electron chi connectivity index (χ1n) is 6.42. The van der Waals surface area contributed by atoms with Crippen molar-refractivity contribution in [2.24, 2.45) is 5.92 Å². The zero-order chi connectivity index (χ0) is 12.7. The van der Waals surface area contributed by atoms with Crippen molar-refractivity contribution < 1.29 is 0 Å². The van der Waals surface area contributed by atoms with Gasteiger partial charge in [-0.05, 0) is 34.7 Å². The molecule has 1 saturated heterocycles. The maximum absolute atomic E-state index is 4.65. The Labute approximate surface area is 115 Å². The van der Waals surface area contributed by atoms with Crippen LogP contribution in [0.4, 0.5) is 5.82 Å². The highest BCUT2D eigenvalue weighted by Crippen LogP contribution is 2.31. The molecule has 1 aliphatic rings. The molecule has 1 fully saturated rings. The Morgan fingerprint density at radius 2 is 2.28 bits per heavy atom. The zero-order valence-electron chi connectivity index (χ0n) is 10.7. The van der Waals surface area contributed by atoms with Crippen LogP contribution in [0.1, 0.15) is 26.7 Å². The molecular formula is C13H17BrN4. The predicted octanol–water partition coefficient (Wildman–Crippen LogP) is 3.12. The van der Waals surface area contributed by atoms with Crippen molar-refractivity contribution >= 4 is 27.4 Å². The summed E-state index contributed by atoms with van der Waals surface area (Å²) in [7, 11) is 0. The topological polar surface area (TPSA) is 33.4 Å². The maximum Gasteiger partial charge on any atom is 0.180 e. The molecule has 0 saturated carbocycles. The molecule has 1 unspecified atom stereocenters. The third-order valence-corrected chi connectivity index (χ3v) is 4.05. The molecule has 0 amide bonds. The minimum Gasteiger partial charge on any atom is -0.350 e. The average Bonchev–Trinajstić information content (AvgIpc) is 2.95. The number of hydrogen-bond acceptors (Lipinski definition) is 3. The fourth-order valence-electron chi connectivity index (χ4n) is 2.83. The lowest BCUT2D eigenvalue weighted by atomic mass is 10.0. The first-order valence-corrected chi connectivity index (χ1v) is 7.22. The Balaban J connectivity index is 2.10. The molecule has 0 bridgehead atoms. The third-order valence-electron chi connectivity index (χ3n) is 3.67. The van der Waals surface area contributed by atoms with E-state index in [1.807, 2.05) is 23.0 Å². The van der Waals surface area contributed by atoms with E-state index in [9.17, 15) is 0 Å². The van der Waals surface area contributed by atoms with Gasteiger partial charge in [-0.1, -0.05) is 13.8 Å². The number of nitrogens with zero attached hydrogens (tertiary/aromatic N) is 4. The number of hydrogen-bond donors (Lipinski definition) is 0. The lowest BCUT2D eigenvalue weighted by Crippen LogP contribution is -2.34. The lowest BCUT2D eigenvalue weighted by Gasteiger charge is -2.28. The van der Waals surface area contributed by atoms with Crippen LogP contribution < -0.4 is 4.90 Å². The maximum atomic E-state index is 4.65. The highest BCUT2D eigenvalue weighted by atomic mass is 79.9. The molecular weight excluding hydrogens is 292 g/mol. The summed E-state index contributed by atoms with van der Waals surface area (Å²) >= 11 is 3.49. The molecule has 1 aliphatic heterocycles. The van der Waals surface area contributed by atoms with Crippen molar-refractivity contribution in [3.63, 3.8) is 0 Å². The number of halogens is 1. The van der Waals surface area contributed by atoms with Gasteiger partial charge in [0.05, 0.1) is 0 Å². The van der Waals surface area contributed by atoms with Crippen LogP contribution in [0, 0.1) is 5.92 Å². The van der Waals surface area contributed by atoms with Crippen molar-refractivity contribution in [2.75, 3.05) is 11.4 Å². The first kappa shape index (κ1) is 12.0. The quantitative estimate of drug-likeness (QED) is 0.854. The van der Waals surface area contributed by atoms with Crippen molar-refractivity contribution in [3.8, 4) is 0 Å². The van der Waals surface area contributed by atoms with Crippen LogP contribution in [0.15, 0.2) is 23.2 Å². The van der Waals surface area contributed by atoms with E-state index >= 15 is 0 Å². The van der Waals surface area contributed by atoms with E-state index in [-0.39, 0.29) is 0 Å². The van der Waals surface area contributed by atoms with Gasteiger partial charge in [0, 0.05) is 31.2 Å². The summed E-state index contributed by atoms with van der Waals surface area (Å²) in [4.78, 5) is 11.5. The van der Waals surface area contributed by atoms with Gasteiger partial charge in [-0.3, -0.25) is 0 Å². The molecule has 1 atom stereocenters. The monoisotopic (exact) mass is 308 g/mol. The normalized spacial score (nSPS) is 20.2. The number of imidazole rings is 1. The molecule has 0 aromatic carbocycles. The fraction of sp³-hybridized carbons (Fsp3) is 0.538. The van der Waals surface area contributed by atoms with Crippen LogP contribution >= 0.6 is 15.9 Å². The summed E-state index contributed by atoms with van der Waals surface area (Å²) in [5.74, 6) is 1.65. The molecule has 4 nitrogen and oxygen atoms in total. The van der Waals surface area contributed by atoms with Crippen LogP contribution in [-0.2, 0) is 0 Å². The van der Waals surface area contributed by atoms with Crippen molar-refractivity contribution in [1.82, 2.24) is 14.4 Å². The van der Waals surface area contributed by atoms with E-state index in [0.717, 1.165) is 22.6 Å². The predicted molar refractivity (Wildman–Crippen MR) is 75.9 cm³/mol. The van der Waals surface area contributed by atoms with Gasteiger partial charge in [0.1, 0.15) is 4.60 Å². The van der Waals surface area contributed by atoms with E-state index in [1.54, 1.807) is 0 Å². The largest absolute Gasteiger partial charge is 0.350 e. The Kier molecular flexibility index (Phi) is 3.01. The van der Waals surface area contributed by atoms with Gasteiger partial charge in [-0.2, -0.15) is 0 Å². The number of aromatic nitrogens is 3. The molecule has 3 rings (SSSR count). The highest BCUT2D eigenvalue weighted by Gasteiger charge is 2.29. The van der Waals surface area contributed by atoms with Gasteiger partial charge in [-0.25, -0.2) is 9.97 Å². The zero-order valence-corrected chi connectivity index (χ0v) is 12.3. The Bertz CT molecular complexity index is 563. The molecule has 18 heavy (non-hydrogen) atoms. The van der Waals surface area contributed by atoms with Gasteiger partial charge >= 0.3 is 0 Å². The number of fused-ring (bicyclic) bond motifs is 1. The van der Waals surface area contributed by atoms with Crippen LogP contribution in [0.2, 0.25) is 0 Å². The highest BCUT2D eigenvalue weighted by molar-refractivity contribution is 9.10. The van der Waals surface area contributed by atoms with Gasteiger partial charge in [0.25, 0.3) is 0 Å². The van der Waals surface area contributed by atoms with E-state index < -0.39 is 0 Å². The standard InChI is InChI=1S/C13H17BrN4/c1-9(2)10-4-3-6-18(10)13-12-15-5-7-17(12)8-11(14)16-13/h5,7-10H,3-4,6H2,1-2H3. The molecule has 0 aliphatic carbocycles. The van der Waals surface area contributed by atoms with Gasteiger partial charge < -0.3 is 9.30 Å². The fourth-order valence-corrected chi connectivity index (χ4v) is 3.22. The summed E-state index contributed by atoms with van der Waals surface area (Å²) in [5, 5.41) is 0. The smallest absolute Gasteiger partial charge is 0.180 e. The molecule has 0 radical (unpaired) electrons. The SMILES string of the molecule is CC(C)C1CCCN1c1nc(Br)cn2ccnc12. The third kappa shape index (κ3) is 1.90. The average molecular weight is 309 g/mol. The van der Waals surface area contributed by atoms with Gasteiger partial charge in [0.2, 0.25) is 0 Å². The number of rotatable bonds is 2. The second-order valence-corrected chi connectivity index (χ2v) is 6.00. The minimum absolute atomic E-state index is 0.576. The van der Waals surface area contributed by atoms with Crippen molar-refractivity contribution in [1.29, 1.82) is 0 Å². The molecule has 2 aromatic heterocycles. The Hall–Kier alpha value is -1.10. The molecule has 3 heterocycles. The number of anilines is 1. The molecule has 96 valence electrons. The van der Waals surface area contributed by atoms with Crippen LogP contribution in [0.3, 0.4) is 0 Å². The summed E-state index contributed by atoms with van der Waals surface area (Å²) < 4.78 is 2.89.